The van der Waals surface area contributed by atoms with E-state index in [1.807, 2.05) is 54.6 Å². The van der Waals surface area contributed by atoms with E-state index in [0.717, 1.165) is 47.9 Å². The summed E-state index contributed by atoms with van der Waals surface area (Å²) in [7, 11) is 0. The van der Waals surface area contributed by atoms with E-state index in [1.165, 1.54) is 22.9 Å². The van der Waals surface area contributed by atoms with E-state index in [9.17, 15) is 24.6 Å². The number of carboxylic acid groups (broad SMARTS) is 2. The summed E-state index contributed by atoms with van der Waals surface area (Å²) < 4.78 is 13.4. The van der Waals surface area contributed by atoms with Crippen LogP contribution in [0, 0.1) is 0 Å². The summed E-state index contributed by atoms with van der Waals surface area (Å²) in [6.07, 6.45) is 3.51. The molecule has 1 fully saturated rings. The van der Waals surface area contributed by atoms with Crippen LogP contribution in [0.5, 0.6) is 5.88 Å². The molecular formula is C33H33N3O7. The molecule has 222 valence electrons. The number of carbonyl (C=O) groups excluding carboxylic acids is 1. The molecule has 1 saturated carbocycles. The molecular weight excluding hydrogens is 550 g/mol. The number of aromatic carboxylic acids is 2. The minimum atomic E-state index is -1.23. The molecule has 0 radical (unpaired) electrons. The van der Waals surface area contributed by atoms with E-state index in [-0.39, 0.29) is 48.3 Å². The van der Waals surface area contributed by atoms with E-state index in [1.54, 1.807) is 12.1 Å². The summed E-state index contributed by atoms with van der Waals surface area (Å²) in [6.45, 7) is 0.312. The molecule has 3 N–H and O–H groups in total. The Bertz CT molecular complexity index is 1570. The van der Waals surface area contributed by atoms with Gasteiger partial charge >= 0.3 is 11.9 Å². The Labute approximate surface area is 248 Å². The number of hydrogen-bond donors (Lipinski definition) is 3. The number of carbonyl (C=O) groups is 3. The monoisotopic (exact) mass is 583 g/mol. The van der Waals surface area contributed by atoms with Crippen LogP contribution in [-0.2, 0) is 29.3 Å². The largest absolute Gasteiger partial charge is 0.478 e. The van der Waals surface area contributed by atoms with Crippen molar-refractivity contribution < 1.29 is 34.1 Å². The summed E-state index contributed by atoms with van der Waals surface area (Å²) in [5.74, 6) is -2.41. The summed E-state index contributed by atoms with van der Waals surface area (Å²) >= 11 is 0. The molecule has 0 aliphatic heterocycles. The lowest BCUT2D eigenvalue weighted by molar-refractivity contribution is -0.124. The van der Waals surface area contributed by atoms with Crippen LogP contribution in [0.1, 0.15) is 57.7 Å². The average Bonchev–Trinajstić information content (AvgIpc) is 3.43. The van der Waals surface area contributed by atoms with Crippen LogP contribution >= 0.6 is 0 Å². The van der Waals surface area contributed by atoms with Gasteiger partial charge < -0.3 is 25.0 Å². The van der Waals surface area contributed by atoms with Gasteiger partial charge in [0.1, 0.15) is 13.2 Å². The second kappa shape index (κ2) is 13.8. The number of amides is 1. The zero-order chi connectivity index (χ0) is 30.2. The first-order chi connectivity index (χ1) is 20.9. The average molecular weight is 584 g/mol. The number of benzene rings is 3. The Morgan fingerprint density at radius 2 is 1.58 bits per heavy atom. The summed E-state index contributed by atoms with van der Waals surface area (Å²) in [6, 6.07) is 25.0. The van der Waals surface area contributed by atoms with E-state index < -0.39 is 11.9 Å². The Morgan fingerprint density at radius 3 is 2.33 bits per heavy atom. The second-order valence-electron chi connectivity index (χ2n) is 10.5. The van der Waals surface area contributed by atoms with E-state index in [2.05, 4.69) is 10.4 Å². The second-order valence-corrected chi connectivity index (χ2v) is 10.5. The number of carboxylic acids is 2. The Kier molecular flexibility index (Phi) is 9.48. The number of nitrogens with zero attached hydrogens (tertiary/aromatic N) is 2. The molecule has 4 aromatic rings. The highest BCUT2D eigenvalue weighted by molar-refractivity contribution is 5.88. The van der Waals surface area contributed by atoms with Gasteiger partial charge in [0.25, 0.3) is 0 Å². The van der Waals surface area contributed by atoms with Gasteiger partial charge in [-0.05, 0) is 47.2 Å². The third-order valence-corrected chi connectivity index (χ3v) is 7.45. The third-order valence-electron chi connectivity index (χ3n) is 7.45. The fraction of sp³-hybridized carbons (Fsp3) is 0.273. The molecule has 1 heterocycles. The van der Waals surface area contributed by atoms with Gasteiger partial charge in [-0.3, -0.25) is 4.79 Å². The van der Waals surface area contributed by atoms with Crippen LogP contribution < -0.4 is 10.1 Å². The fourth-order valence-electron chi connectivity index (χ4n) is 5.23. The first kappa shape index (κ1) is 29.5. The zero-order valence-electron chi connectivity index (χ0n) is 23.5. The van der Waals surface area contributed by atoms with Crippen LogP contribution in [0.3, 0.4) is 0 Å². The lowest BCUT2D eigenvalue weighted by Crippen LogP contribution is -2.47. The number of hydrogen-bond acceptors (Lipinski definition) is 6. The topological polar surface area (TPSA) is 140 Å². The quantitative estimate of drug-likeness (QED) is 0.208. The molecule has 0 unspecified atom stereocenters. The predicted molar refractivity (Wildman–Crippen MR) is 158 cm³/mol. The maximum atomic E-state index is 13.1. The summed E-state index contributed by atoms with van der Waals surface area (Å²) in [4.78, 5) is 36.1. The summed E-state index contributed by atoms with van der Waals surface area (Å²) in [5, 5.41) is 25.9. The molecule has 0 spiro atoms. The van der Waals surface area contributed by atoms with Crippen molar-refractivity contribution >= 4 is 17.8 Å². The minimum Gasteiger partial charge on any atom is -0.478 e. The lowest BCUT2D eigenvalue weighted by Gasteiger charge is -2.32. The molecule has 1 aliphatic rings. The van der Waals surface area contributed by atoms with Crippen LogP contribution in [0.15, 0.2) is 84.9 Å². The van der Waals surface area contributed by atoms with Crippen LogP contribution in [-0.4, -0.2) is 50.0 Å². The number of aromatic nitrogens is 2. The molecule has 3 aromatic carbocycles. The normalized spacial score (nSPS) is 16.4. The first-order valence-electron chi connectivity index (χ1n) is 14.2. The number of rotatable bonds is 12. The molecule has 1 amide bonds. The highest BCUT2D eigenvalue weighted by atomic mass is 16.5. The van der Waals surface area contributed by atoms with Gasteiger partial charge in [-0.15, -0.1) is 0 Å². The van der Waals surface area contributed by atoms with Gasteiger partial charge in [0.05, 0.1) is 24.3 Å². The maximum Gasteiger partial charge on any atom is 0.356 e. The fourth-order valence-corrected chi connectivity index (χ4v) is 5.23. The third kappa shape index (κ3) is 7.66. The van der Waals surface area contributed by atoms with Crippen molar-refractivity contribution in [2.45, 2.75) is 57.6 Å². The van der Waals surface area contributed by atoms with Gasteiger partial charge in [0.2, 0.25) is 11.8 Å². The zero-order valence-corrected chi connectivity index (χ0v) is 23.5. The minimum absolute atomic E-state index is 0.0707. The predicted octanol–water partition coefficient (Wildman–Crippen LogP) is 5.17. The van der Waals surface area contributed by atoms with Gasteiger partial charge in [0.15, 0.2) is 5.69 Å². The Balaban J connectivity index is 1.26. The van der Waals surface area contributed by atoms with Crippen molar-refractivity contribution in [1.29, 1.82) is 0 Å². The SMILES string of the molecule is O=C(Cn1nc(C(=O)O)cc1OCc1ccccc1-c1ccc(C(=O)O)cc1)N[C@H]1CCCC[C@@H]1OCc1ccccc1. The maximum absolute atomic E-state index is 13.1. The lowest BCUT2D eigenvalue weighted by atomic mass is 9.92. The van der Waals surface area contributed by atoms with Crippen LogP contribution in [0.2, 0.25) is 0 Å². The number of ether oxygens (including phenoxy) is 2. The number of nitrogens with one attached hydrogen (secondary N) is 1. The van der Waals surface area contributed by atoms with Crippen molar-refractivity contribution in [3.63, 3.8) is 0 Å². The molecule has 0 bridgehead atoms. The first-order valence-corrected chi connectivity index (χ1v) is 14.2. The molecule has 43 heavy (non-hydrogen) atoms. The standard InChI is InChI=1S/C33H33N3O7/c37-30(34-27-12-6-7-13-29(27)42-20-22-8-2-1-3-9-22)19-36-31(18-28(35-36)33(40)41)43-21-25-10-4-5-11-26(25)23-14-16-24(17-15-23)32(38)39/h1-5,8-11,14-18,27,29H,6-7,12-13,19-21H2,(H,34,37)(H,38,39)(H,40,41)/t27-,29-/m0/s1. The van der Waals surface area contributed by atoms with Gasteiger partial charge in [-0.25, -0.2) is 14.3 Å². The Hall–Kier alpha value is -4.96. The molecule has 5 rings (SSSR count). The van der Waals surface area contributed by atoms with Crippen molar-refractivity contribution in [2.75, 3.05) is 0 Å². The van der Waals surface area contributed by atoms with Gasteiger partial charge in [-0.1, -0.05) is 79.6 Å². The van der Waals surface area contributed by atoms with Crippen molar-refractivity contribution in [3.05, 3.63) is 107 Å². The molecule has 1 aromatic heterocycles. The molecule has 10 nitrogen and oxygen atoms in total. The van der Waals surface area contributed by atoms with E-state index >= 15 is 0 Å². The van der Waals surface area contributed by atoms with Crippen molar-refractivity contribution in [1.82, 2.24) is 15.1 Å². The molecule has 2 atom stereocenters. The summed E-state index contributed by atoms with van der Waals surface area (Å²) in [5.41, 5.74) is 3.45. The smallest absolute Gasteiger partial charge is 0.356 e. The van der Waals surface area contributed by atoms with Crippen molar-refractivity contribution in [3.8, 4) is 17.0 Å². The van der Waals surface area contributed by atoms with Crippen LogP contribution in [0.25, 0.3) is 11.1 Å². The van der Waals surface area contributed by atoms with E-state index in [0.29, 0.717) is 6.61 Å². The highest BCUT2D eigenvalue weighted by Crippen LogP contribution is 2.26. The van der Waals surface area contributed by atoms with Crippen molar-refractivity contribution in [2.24, 2.45) is 0 Å². The van der Waals surface area contributed by atoms with E-state index in [4.69, 9.17) is 9.47 Å². The molecule has 10 heteroatoms. The highest BCUT2D eigenvalue weighted by Gasteiger charge is 2.28. The van der Waals surface area contributed by atoms with Gasteiger partial charge in [-0.2, -0.15) is 5.10 Å². The molecule has 0 saturated heterocycles. The molecule has 1 aliphatic carbocycles. The Morgan fingerprint density at radius 1 is 0.860 bits per heavy atom. The van der Waals surface area contributed by atoms with Crippen LogP contribution in [0.4, 0.5) is 0 Å². The van der Waals surface area contributed by atoms with Gasteiger partial charge in [0, 0.05) is 6.07 Å².